The SMILES string of the molecule is C[C@@H]1C(=O)O[C@@H]2[C@H]1C13O[C@@H]4OC(=O)[C@H](O)C45[C@H](C(C)(C)C)[C@@H](O)[C@@H](OC1=O)C35[C@@H]2O. The second-order valence-electron chi connectivity index (χ2n) is 10.6. The minimum Gasteiger partial charge on any atom is -0.459 e. The standard InChI is InChI=1S/C20H24O10/c1-5-6-8(27-13(5)24)10(22)19-12-7(21)9(17(2,3)4)18(19)11(23)14(25)29-16(18)30-20(6,19)15(26)28-12/h5-12,16,21-23H,1-4H3/t5-,6-,7+,8+,9-,10+,11-,12+,16-,18?,19?,20?/m0/s1. The van der Waals surface area contributed by atoms with Crippen LogP contribution in [0.4, 0.5) is 0 Å². The molecule has 4 saturated heterocycles. The highest BCUT2D eigenvalue weighted by Gasteiger charge is 3.01. The minimum absolute atomic E-state index is 0.581. The Morgan fingerprint density at radius 3 is 2.27 bits per heavy atom. The lowest BCUT2D eigenvalue weighted by Gasteiger charge is -2.47. The fourth-order valence-electron chi connectivity index (χ4n) is 8.28. The van der Waals surface area contributed by atoms with Gasteiger partial charge in [0.15, 0.2) is 11.7 Å². The van der Waals surface area contributed by atoms with E-state index in [2.05, 4.69) is 0 Å². The number of rotatable bonds is 0. The molecule has 3 N–H and O–H groups in total. The van der Waals surface area contributed by atoms with Gasteiger partial charge in [-0.15, -0.1) is 0 Å². The van der Waals surface area contributed by atoms with E-state index in [4.69, 9.17) is 18.9 Å². The fraction of sp³-hybridized carbons (Fsp3) is 0.850. The molecule has 2 spiro atoms. The molecule has 164 valence electrons. The third kappa shape index (κ3) is 1.40. The Labute approximate surface area is 171 Å². The van der Waals surface area contributed by atoms with Gasteiger partial charge in [0, 0.05) is 5.92 Å². The van der Waals surface area contributed by atoms with Crippen molar-refractivity contribution < 1.29 is 48.7 Å². The number of hydrogen-bond donors (Lipinski definition) is 3. The van der Waals surface area contributed by atoms with Gasteiger partial charge in [-0.3, -0.25) is 4.79 Å². The first-order valence-electron chi connectivity index (χ1n) is 10.2. The molecule has 0 aromatic carbocycles. The van der Waals surface area contributed by atoms with Gasteiger partial charge in [-0.1, -0.05) is 27.7 Å². The Balaban J connectivity index is 1.71. The van der Waals surface area contributed by atoms with Crippen LogP contribution in [0.2, 0.25) is 0 Å². The summed E-state index contributed by atoms with van der Waals surface area (Å²) in [6.07, 6.45) is -8.29. The molecule has 0 radical (unpaired) electrons. The van der Waals surface area contributed by atoms with Crippen LogP contribution in [0.5, 0.6) is 0 Å². The number of ether oxygens (including phenoxy) is 4. The van der Waals surface area contributed by atoms with Gasteiger partial charge in [-0.05, 0) is 5.41 Å². The van der Waals surface area contributed by atoms with E-state index in [1.165, 1.54) is 0 Å². The molecule has 10 nitrogen and oxygen atoms in total. The number of aliphatic hydroxyl groups excluding tert-OH is 3. The second kappa shape index (κ2) is 4.85. The summed E-state index contributed by atoms with van der Waals surface area (Å²) in [5.41, 5.74) is -5.96. The third-order valence-corrected chi connectivity index (χ3v) is 8.76. The maximum Gasteiger partial charge on any atom is 0.340 e. The van der Waals surface area contributed by atoms with Crippen LogP contribution in [0.25, 0.3) is 0 Å². The summed E-state index contributed by atoms with van der Waals surface area (Å²) in [7, 11) is 0. The molecule has 12 atom stereocenters. The molecule has 2 aliphatic carbocycles. The first kappa shape index (κ1) is 19.0. The van der Waals surface area contributed by atoms with Crippen molar-refractivity contribution in [1.82, 2.24) is 0 Å². The summed E-state index contributed by atoms with van der Waals surface area (Å²) < 4.78 is 22.7. The lowest BCUT2D eigenvalue weighted by atomic mass is 9.51. The van der Waals surface area contributed by atoms with Crippen molar-refractivity contribution in [3.8, 4) is 0 Å². The second-order valence-corrected chi connectivity index (χ2v) is 10.6. The van der Waals surface area contributed by atoms with Gasteiger partial charge in [0.1, 0.15) is 18.3 Å². The van der Waals surface area contributed by atoms with Crippen molar-refractivity contribution in [2.75, 3.05) is 0 Å². The molecule has 0 aromatic rings. The molecule has 4 aliphatic heterocycles. The molecule has 0 amide bonds. The number of carbonyl (C=O) groups is 3. The zero-order valence-corrected chi connectivity index (χ0v) is 16.9. The van der Waals surface area contributed by atoms with E-state index in [9.17, 15) is 29.7 Å². The van der Waals surface area contributed by atoms with Gasteiger partial charge in [0.25, 0.3) is 0 Å². The highest BCUT2D eigenvalue weighted by atomic mass is 16.7. The van der Waals surface area contributed by atoms with Crippen molar-refractivity contribution in [3.63, 3.8) is 0 Å². The highest BCUT2D eigenvalue weighted by molar-refractivity contribution is 5.92. The van der Waals surface area contributed by atoms with Crippen molar-refractivity contribution in [2.45, 2.75) is 70.1 Å². The monoisotopic (exact) mass is 424 g/mol. The fourth-order valence-corrected chi connectivity index (χ4v) is 8.28. The van der Waals surface area contributed by atoms with Gasteiger partial charge in [-0.25, -0.2) is 9.59 Å². The van der Waals surface area contributed by atoms with Crippen LogP contribution in [0.1, 0.15) is 27.7 Å². The number of aliphatic hydroxyl groups is 3. The lowest BCUT2D eigenvalue weighted by Crippen LogP contribution is -2.63. The number of esters is 3. The quantitative estimate of drug-likeness (QED) is 0.309. The molecule has 10 heteroatoms. The molecule has 0 aromatic heterocycles. The summed E-state index contributed by atoms with van der Waals surface area (Å²) in [6.45, 7) is 7.05. The smallest absolute Gasteiger partial charge is 0.340 e. The van der Waals surface area contributed by atoms with Crippen LogP contribution < -0.4 is 0 Å². The third-order valence-electron chi connectivity index (χ3n) is 8.76. The van der Waals surface area contributed by atoms with E-state index in [1.54, 1.807) is 6.92 Å². The van der Waals surface area contributed by atoms with E-state index in [0.29, 0.717) is 0 Å². The van der Waals surface area contributed by atoms with Gasteiger partial charge < -0.3 is 34.3 Å². The highest BCUT2D eigenvalue weighted by Crippen LogP contribution is 2.83. The van der Waals surface area contributed by atoms with E-state index in [1.807, 2.05) is 20.8 Å². The summed E-state index contributed by atoms with van der Waals surface area (Å²) in [5.74, 6) is -4.90. The van der Waals surface area contributed by atoms with Crippen molar-refractivity contribution in [2.24, 2.45) is 34.0 Å². The van der Waals surface area contributed by atoms with Crippen LogP contribution in [0.3, 0.4) is 0 Å². The molecule has 6 rings (SSSR count). The first-order valence-corrected chi connectivity index (χ1v) is 10.2. The van der Waals surface area contributed by atoms with E-state index >= 15 is 0 Å². The summed E-state index contributed by atoms with van der Waals surface area (Å²) >= 11 is 0. The maximum absolute atomic E-state index is 13.3. The normalized spacial score (nSPS) is 60.1. The molecule has 30 heavy (non-hydrogen) atoms. The summed E-state index contributed by atoms with van der Waals surface area (Å²) in [6, 6.07) is 0. The molecule has 4 heterocycles. The number of fused-ring (bicyclic) bond motifs is 1. The van der Waals surface area contributed by atoms with Crippen molar-refractivity contribution in [1.29, 1.82) is 0 Å². The van der Waals surface area contributed by atoms with Crippen LogP contribution in [0, 0.1) is 34.0 Å². The van der Waals surface area contributed by atoms with Crippen LogP contribution in [-0.2, 0) is 33.3 Å². The molecule has 6 fully saturated rings. The Kier molecular flexibility index (Phi) is 3.06. The molecule has 6 aliphatic rings. The Morgan fingerprint density at radius 2 is 1.63 bits per heavy atom. The predicted octanol–water partition coefficient (Wildman–Crippen LogP) is -1.51. The van der Waals surface area contributed by atoms with Crippen molar-refractivity contribution >= 4 is 17.9 Å². The van der Waals surface area contributed by atoms with Crippen LogP contribution in [-0.4, -0.2) is 75.6 Å². The number of carbonyl (C=O) groups excluding carboxylic acids is 3. The molecule has 2 saturated carbocycles. The Bertz CT molecular complexity index is 910. The lowest BCUT2D eigenvalue weighted by molar-refractivity contribution is -0.208. The number of hydrogen-bond acceptors (Lipinski definition) is 10. The van der Waals surface area contributed by atoms with E-state index < -0.39 is 94.3 Å². The molecular formula is C20H24O10. The Hall–Kier alpha value is -1.75. The minimum atomic E-state index is -1.89. The van der Waals surface area contributed by atoms with Gasteiger partial charge in [-0.2, -0.15) is 0 Å². The zero-order chi connectivity index (χ0) is 21.8. The topological polar surface area (TPSA) is 149 Å². The van der Waals surface area contributed by atoms with Crippen LogP contribution >= 0.6 is 0 Å². The first-order chi connectivity index (χ1) is 13.9. The average Bonchev–Trinajstić information content (AvgIpc) is 3.34. The van der Waals surface area contributed by atoms with Crippen LogP contribution in [0.15, 0.2) is 0 Å². The zero-order valence-electron chi connectivity index (χ0n) is 16.9. The largest absolute Gasteiger partial charge is 0.459 e. The van der Waals surface area contributed by atoms with Gasteiger partial charge >= 0.3 is 17.9 Å². The van der Waals surface area contributed by atoms with E-state index in [0.717, 1.165) is 0 Å². The molecular weight excluding hydrogens is 400 g/mol. The molecule has 0 bridgehead atoms. The summed E-state index contributed by atoms with van der Waals surface area (Å²) in [4.78, 5) is 38.2. The van der Waals surface area contributed by atoms with Gasteiger partial charge in [0.2, 0.25) is 6.29 Å². The van der Waals surface area contributed by atoms with E-state index in [-0.39, 0.29) is 0 Å². The van der Waals surface area contributed by atoms with Gasteiger partial charge in [0.05, 0.1) is 28.8 Å². The summed E-state index contributed by atoms with van der Waals surface area (Å²) in [5, 5.41) is 34.2. The Morgan fingerprint density at radius 1 is 0.967 bits per heavy atom. The predicted molar refractivity (Wildman–Crippen MR) is 91.9 cm³/mol. The maximum atomic E-state index is 13.3. The molecule has 3 unspecified atom stereocenters. The average molecular weight is 424 g/mol. The van der Waals surface area contributed by atoms with Crippen molar-refractivity contribution in [3.05, 3.63) is 0 Å².